The van der Waals surface area contributed by atoms with Crippen LogP contribution in [0.5, 0.6) is 0 Å². The highest BCUT2D eigenvalue weighted by molar-refractivity contribution is 5.18. The monoisotopic (exact) mass is 248 g/mol. The van der Waals surface area contributed by atoms with Crippen LogP contribution in [0.1, 0.15) is 57.6 Å². The van der Waals surface area contributed by atoms with Crippen LogP contribution in [-0.4, -0.2) is 12.4 Å². The number of rotatable bonds is 6. The van der Waals surface area contributed by atoms with Crippen molar-refractivity contribution >= 4 is 0 Å². The van der Waals surface area contributed by atoms with Crippen LogP contribution in [0.4, 0.5) is 0 Å². The lowest BCUT2D eigenvalue weighted by molar-refractivity contribution is -0.160. The molecule has 2 unspecified atom stereocenters. The fraction of sp³-hybridized carbons (Fsp3) is 0.625. The molecule has 1 aliphatic rings. The number of hydrogen-bond donors (Lipinski definition) is 0. The van der Waals surface area contributed by atoms with E-state index >= 15 is 0 Å². The van der Waals surface area contributed by atoms with Gasteiger partial charge in [-0.15, -0.1) is 0 Å². The Morgan fingerprint density at radius 3 is 2.67 bits per heavy atom. The molecule has 0 radical (unpaired) electrons. The van der Waals surface area contributed by atoms with Gasteiger partial charge in [-0.05, 0) is 18.9 Å². The summed E-state index contributed by atoms with van der Waals surface area (Å²) in [5.74, 6) is -0.381. The Hall–Kier alpha value is -0.860. The van der Waals surface area contributed by atoms with Gasteiger partial charge in [-0.2, -0.15) is 0 Å². The summed E-state index contributed by atoms with van der Waals surface area (Å²) in [7, 11) is 0. The highest BCUT2D eigenvalue weighted by Crippen LogP contribution is 2.36. The zero-order chi connectivity index (χ0) is 12.8. The second kappa shape index (κ2) is 6.35. The van der Waals surface area contributed by atoms with E-state index in [-0.39, 0.29) is 11.9 Å². The third-order valence-corrected chi connectivity index (χ3v) is 3.59. The molecule has 1 fully saturated rings. The molecule has 0 saturated carbocycles. The maximum atomic E-state index is 6.09. The summed E-state index contributed by atoms with van der Waals surface area (Å²) < 4.78 is 12.0. The standard InChI is InChI=1S/C16H24O2/c1-3-4-5-9-12-16(2)17-13-15(18-16)14-10-7-6-8-11-14/h6-8,10-11,15H,3-5,9,12-13H2,1-2H3. The first-order valence-corrected chi connectivity index (χ1v) is 7.10. The highest BCUT2D eigenvalue weighted by Gasteiger charge is 2.37. The van der Waals surface area contributed by atoms with Crippen LogP contribution in [-0.2, 0) is 9.47 Å². The molecule has 100 valence electrons. The van der Waals surface area contributed by atoms with Crippen molar-refractivity contribution in [2.45, 2.75) is 57.8 Å². The van der Waals surface area contributed by atoms with Crippen molar-refractivity contribution in [3.63, 3.8) is 0 Å². The van der Waals surface area contributed by atoms with Gasteiger partial charge in [0.15, 0.2) is 5.79 Å². The van der Waals surface area contributed by atoms with E-state index in [0.717, 1.165) is 6.42 Å². The van der Waals surface area contributed by atoms with Crippen LogP contribution >= 0.6 is 0 Å². The fourth-order valence-corrected chi connectivity index (χ4v) is 2.46. The SMILES string of the molecule is CCCCCCC1(C)OCC(c2ccccc2)O1. The van der Waals surface area contributed by atoms with Crippen LogP contribution in [0.25, 0.3) is 0 Å². The summed E-state index contributed by atoms with van der Waals surface area (Å²) in [6, 6.07) is 10.3. The van der Waals surface area contributed by atoms with Crippen molar-refractivity contribution < 1.29 is 9.47 Å². The zero-order valence-corrected chi connectivity index (χ0v) is 11.5. The summed E-state index contributed by atoms with van der Waals surface area (Å²) in [6.45, 7) is 4.98. The molecule has 0 spiro atoms. The largest absolute Gasteiger partial charge is 0.347 e. The first-order chi connectivity index (χ1) is 8.73. The molecule has 1 aliphatic heterocycles. The molecule has 2 nitrogen and oxygen atoms in total. The molecule has 0 aliphatic carbocycles. The van der Waals surface area contributed by atoms with Gasteiger partial charge in [0.1, 0.15) is 6.10 Å². The average Bonchev–Trinajstić information content (AvgIpc) is 2.79. The molecule has 2 rings (SSSR count). The Morgan fingerprint density at radius 1 is 1.17 bits per heavy atom. The van der Waals surface area contributed by atoms with Gasteiger partial charge in [0.2, 0.25) is 0 Å². The van der Waals surface area contributed by atoms with Gasteiger partial charge in [-0.1, -0.05) is 56.5 Å². The lowest BCUT2D eigenvalue weighted by Gasteiger charge is -2.23. The van der Waals surface area contributed by atoms with Crippen LogP contribution in [0, 0.1) is 0 Å². The number of unbranched alkanes of at least 4 members (excludes halogenated alkanes) is 3. The van der Waals surface area contributed by atoms with E-state index in [2.05, 4.69) is 38.1 Å². The number of benzene rings is 1. The highest BCUT2D eigenvalue weighted by atomic mass is 16.7. The summed E-state index contributed by atoms with van der Waals surface area (Å²) in [4.78, 5) is 0. The number of hydrogen-bond acceptors (Lipinski definition) is 2. The van der Waals surface area contributed by atoms with Gasteiger partial charge >= 0.3 is 0 Å². The van der Waals surface area contributed by atoms with E-state index < -0.39 is 0 Å². The fourth-order valence-electron chi connectivity index (χ4n) is 2.46. The molecule has 1 saturated heterocycles. The van der Waals surface area contributed by atoms with E-state index in [0.29, 0.717) is 6.61 Å². The Labute approximate surface area is 110 Å². The van der Waals surface area contributed by atoms with Gasteiger partial charge in [0.05, 0.1) is 6.61 Å². The van der Waals surface area contributed by atoms with Crippen molar-refractivity contribution in [2.24, 2.45) is 0 Å². The maximum absolute atomic E-state index is 6.09. The smallest absolute Gasteiger partial charge is 0.166 e. The Kier molecular flexibility index (Phi) is 4.79. The first kappa shape index (κ1) is 13.6. The van der Waals surface area contributed by atoms with Crippen molar-refractivity contribution in [1.82, 2.24) is 0 Å². The summed E-state index contributed by atoms with van der Waals surface area (Å²) in [5, 5.41) is 0. The molecule has 0 N–H and O–H groups in total. The summed E-state index contributed by atoms with van der Waals surface area (Å²) in [6.07, 6.45) is 6.13. The molecule has 2 heteroatoms. The molecule has 1 aromatic rings. The second-order valence-corrected chi connectivity index (χ2v) is 5.27. The second-order valence-electron chi connectivity index (χ2n) is 5.27. The third-order valence-electron chi connectivity index (χ3n) is 3.59. The molecule has 1 aromatic carbocycles. The minimum Gasteiger partial charge on any atom is -0.347 e. The maximum Gasteiger partial charge on any atom is 0.166 e. The van der Waals surface area contributed by atoms with Crippen LogP contribution in [0.2, 0.25) is 0 Å². The average molecular weight is 248 g/mol. The molecule has 0 bridgehead atoms. The van der Waals surface area contributed by atoms with Crippen LogP contribution in [0.3, 0.4) is 0 Å². The van der Waals surface area contributed by atoms with Gasteiger partial charge in [0, 0.05) is 6.42 Å². The Morgan fingerprint density at radius 2 is 1.94 bits per heavy atom. The van der Waals surface area contributed by atoms with E-state index in [1.54, 1.807) is 0 Å². The van der Waals surface area contributed by atoms with E-state index in [4.69, 9.17) is 9.47 Å². The minimum absolute atomic E-state index is 0.0994. The van der Waals surface area contributed by atoms with Gasteiger partial charge < -0.3 is 9.47 Å². The summed E-state index contributed by atoms with van der Waals surface area (Å²) >= 11 is 0. The molecule has 1 heterocycles. The number of ether oxygens (including phenoxy) is 2. The molecular weight excluding hydrogens is 224 g/mol. The topological polar surface area (TPSA) is 18.5 Å². The van der Waals surface area contributed by atoms with Gasteiger partial charge in [0.25, 0.3) is 0 Å². The van der Waals surface area contributed by atoms with Crippen LogP contribution in [0.15, 0.2) is 30.3 Å². The lowest BCUT2D eigenvalue weighted by atomic mass is 10.1. The zero-order valence-electron chi connectivity index (χ0n) is 11.5. The van der Waals surface area contributed by atoms with Crippen molar-refractivity contribution in [1.29, 1.82) is 0 Å². The lowest BCUT2D eigenvalue weighted by Crippen LogP contribution is -2.25. The Bertz CT molecular complexity index is 349. The molecule has 0 aromatic heterocycles. The predicted molar refractivity (Wildman–Crippen MR) is 73.4 cm³/mol. The van der Waals surface area contributed by atoms with E-state index in [1.807, 2.05) is 6.07 Å². The third kappa shape index (κ3) is 3.56. The first-order valence-electron chi connectivity index (χ1n) is 7.10. The van der Waals surface area contributed by atoms with Crippen LogP contribution < -0.4 is 0 Å². The van der Waals surface area contributed by atoms with E-state index in [1.165, 1.54) is 31.2 Å². The summed E-state index contributed by atoms with van der Waals surface area (Å²) in [5.41, 5.74) is 1.22. The molecular formula is C16H24O2. The van der Waals surface area contributed by atoms with Gasteiger partial charge in [-0.25, -0.2) is 0 Å². The molecule has 18 heavy (non-hydrogen) atoms. The quantitative estimate of drug-likeness (QED) is 0.692. The van der Waals surface area contributed by atoms with Crippen molar-refractivity contribution in [2.75, 3.05) is 6.61 Å². The minimum atomic E-state index is -0.381. The predicted octanol–water partition coefficient (Wildman–Crippen LogP) is 4.46. The molecule has 2 atom stereocenters. The normalized spacial score (nSPS) is 27.6. The van der Waals surface area contributed by atoms with Crippen molar-refractivity contribution in [3.8, 4) is 0 Å². The molecule has 0 amide bonds. The Balaban J connectivity index is 1.83. The van der Waals surface area contributed by atoms with E-state index in [9.17, 15) is 0 Å². The van der Waals surface area contributed by atoms with Gasteiger partial charge in [-0.3, -0.25) is 0 Å². The van der Waals surface area contributed by atoms with Crippen molar-refractivity contribution in [3.05, 3.63) is 35.9 Å².